The summed E-state index contributed by atoms with van der Waals surface area (Å²) in [5.74, 6) is 0. The normalized spacial score (nSPS) is 11.6. The topological polar surface area (TPSA) is 29.0 Å². The van der Waals surface area contributed by atoms with Crippen molar-refractivity contribution in [2.24, 2.45) is 0 Å². The van der Waals surface area contributed by atoms with Gasteiger partial charge in [0.05, 0.1) is 0 Å². The Morgan fingerprint density at radius 1 is 0.550 bits per heavy atom. The molecule has 4 heteroatoms. The van der Waals surface area contributed by atoms with Crippen molar-refractivity contribution in [3.63, 3.8) is 0 Å². The van der Waals surface area contributed by atoms with Crippen molar-refractivity contribution in [2.75, 3.05) is 4.90 Å². The van der Waals surface area contributed by atoms with Gasteiger partial charge in [0.1, 0.15) is 0 Å². The molecule has 3 nitrogen and oxygen atoms in total. The summed E-state index contributed by atoms with van der Waals surface area (Å²) in [7, 11) is 0. The van der Waals surface area contributed by atoms with Crippen LogP contribution in [0.4, 0.5) is 17.1 Å². The SMILES string of the molecule is CC(C)(C)c1ccnc(-c2[c-]c(N(c3[c-]c(-c4cc(C(C)(C)C)ccn4)ccc3)c3ccccc3)ccc2)c1.[Pt+2]. The maximum absolute atomic E-state index is 4.68. The van der Waals surface area contributed by atoms with Gasteiger partial charge >= 0.3 is 21.1 Å². The fraction of sp³-hybridized carbons (Fsp3) is 0.222. The average Bonchev–Trinajstić information content (AvgIpc) is 2.93. The van der Waals surface area contributed by atoms with Crippen molar-refractivity contribution >= 4 is 17.1 Å². The standard InChI is InChI=1S/C36H35N3.Pt/c1-35(2,3)28-18-20-37-33(24-28)26-12-10-16-31(22-26)39(30-14-8-7-9-15-30)32-17-11-13-27(23-32)34-25-29(19-21-38-34)36(4,5)6;/h7-21,24-25H,1-6H3;/q-2;+2. The Kier molecular flexibility index (Phi) is 8.76. The molecule has 0 aliphatic carbocycles. The predicted octanol–water partition coefficient (Wildman–Crippen LogP) is 9.47. The van der Waals surface area contributed by atoms with E-state index in [1.807, 2.05) is 18.5 Å². The van der Waals surface area contributed by atoms with Crippen molar-refractivity contribution in [1.82, 2.24) is 9.97 Å². The number of aromatic nitrogens is 2. The Morgan fingerprint density at radius 2 is 1.00 bits per heavy atom. The van der Waals surface area contributed by atoms with Gasteiger partial charge < -0.3 is 14.9 Å². The molecule has 204 valence electrons. The molecular formula is C36H35N3Pt. The third-order valence-electron chi connectivity index (χ3n) is 6.86. The summed E-state index contributed by atoms with van der Waals surface area (Å²) >= 11 is 0. The van der Waals surface area contributed by atoms with E-state index in [0.29, 0.717) is 0 Å². The first kappa shape index (κ1) is 29.4. The first-order valence-electron chi connectivity index (χ1n) is 13.4. The summed E-state index contributed by atoms with van der Waals surface area (Å²) < 4.78 is 0. The number of pyridine rings is 2. The van der Waals surface area contributed by atoms with Gasteiger partial charge in [-0.1, -0.05) is 71.9 Å². The molecule has 5 rings (SSSR count). The molecule has 0 aliphatic rings. The van der Waals surface area contributed by atoms with Gasteiger partial charge in [-0.15, -0.1) is 59.7 Å². The van der Waals surface area contributed by atoms with Gasteiger partial charge in [-0.25, -0.2) is 0 Å². The van der Waals surface area contributed by atoms with Crippen molar-refractivity contribution in [1.29, 1.82) is 0 Å². The van der Waals surface area contributed by atoms with Crippen LogP contribution in [0.3, 0.4) is 0 Å². The number of anilines is 3. The Balaban J connectivity index is 0.00000370. The zero-order valence-corrected chi connectivity index (χ0v) is 26.2. The van der Waals surface area contributed by atoms with Gasteiger partial charge in [-0.05, 0) is 69.0 Å². The van der Waals surface area contributed by atoms with Crippen LogP contribution in [0, 0.1) is 12.1 Å². The smallest absolute Gasteiger partial charge is 0.346 e. The molecule has 0 radical (unpaired) electrons. The zero-order valence-electron chi connectivity index (χ0n) is 24.0. The van der Waals surface area contributed by atoms with Gasteiger partial charge in [-0.2, -0.15) is 0 Å². The molecule has 5 aromatic rings. The van der Waals surface area contributed by atoms with Crippen molar-refractivity contribution in [3.05, 3.63) is 127 Å². The van der Waals surface area contributed by atoms with Crippen LogP contribution in [-0.4, -0.2) is 9.97 Å². The van der Waals surface area contributed by atoms with E-state index < -0.39 is 0 Å². The molecule has 0 saturated heterocycles. The minimum absolute atomic E-state index is 0. The predicted molar refractivity (Wildman–Crippen MR) is 163 cm³/mol. The summed E-state index contributed by atoms with van der Waals surface area (Å²) in [4.78, 5) is 11.6. The second-order valence-electron chi connectivity index (χ2n) is 11.9. The van der Waals surface area contributed by atoms with Gasteiger partial charge in [-0.3, -0.25) is 0 Å². The number of nitrogens with zero attached hydrogens (tertiary/aromatic N) is 3. The van der Waals surface area contributed by atoms with E-state index >= 15 is 0 Å². The molecule has 0 bridgehead atoms. The first-order chi connectivity index (χ1) is 18.6. The molecule has 0 amide bonds. The molecule has 0 saturated carbocycles. The molecule has 0 spiro atoms. The summed E-state index contributed by atoms with van der Waals surface area (Å²) in [6, 6.07) is 38.6. The zero-order chi connectivity index (χ0) is 27.6. The van der Waals surface area contributed by atoms with Crippen LogP contribution >= 0.6 is 0 Å². The molecule has 0 fully saturated rings. The number of benzene rings is 3. The Labute approximate surface area is 253 Å². The third-order valence-corrected chi connectivity index (χ3v) is 6.86. The summed E-state index contributed by atoms with van der Waals surface area (Å²) in [5.41, 5.74) is 9.19. The van der Waals surface area contributed by atoms with Crippen molar-refractivity contribution < 1.29 is 21.1 Å². The van der Waals surface area contributed by atoms with E-state index in [1.165, 1.54) is 11.1 Å². The van der Waals surface area contributed by atoms with Gasteiger partial charge in [0.2, 0.25) is 0 Å². The van der Waals surface area contributed by atoms with Crippen molar-refractivity contribution in [2.45, 2.75) is 52.4 Å². The van der Waals surface area contributed by atoms with Crippen LogP contribution in [0.1, 0.15) is 52.7 Å². The second-order valence-corrected chi connectivity index (χ2v) is 11.9. The number of para-hydroxylation sites is 1. The Morgan fingerprint density at radius 3 is 1.43 bits per heavy atom. The fourth-order valence-electron chi connectivity index (χ4n) is 4.55. The van der Waals surface area contributed by atoms with Crippen LogP contribution in [0.5, 0.6) is 0 Å². The van der Waals surface area contributed by atoms with Crippen LogP contribution in [0.2, 0.25) is 0 Å². The van der Waals surface area contributed by atoms with E-state index in [9.17, 15) is 0 Å². The van der Waals surface area contributed by atoms with Crippen LogP contribution in [0.15, 0.2) is 103 Å². The Bertz CT molecular complexity index is 1480. The summed E-state index contributed by atoms with van der Waals surface area (Å²) in [6.07, 6.45) is 3.78. The van der Waals surface area contributed by atoms with Crippen LogP contribution in [0.25, 0.3) is 22.5 Å². The van der Waals surface area contributed by atoms with E-state index in [1.54, 1.807) is 0 Å². The van der Waals surface area contributed by atoms with E-state index in [-0.39, 0.29) is 31.9 Å². The minimum Gasteiger partial charge on any atom is -0.346 e. The molecule has 3 aromatic carbocycles. The van der Waals surface area contributed by atoms with Gasteiger partial charge in [0.25, 0.3) is 0 Å². The molecule has 0 atom stereocenters. The maximum atomic E-state index is 4.68. The van der Waals surface area contributed by atoms with E-state index in [2.05, 4.69) is 153 Å². The molecule has 40 heavy (non-hydrogen) atoms. The Hall–Kier alpha value is -3.55. The summed E-state index contributed by atoms with van der Waals surface area (Å²) in [5, 5.41) is 0. The third kappa shape index (κ3) is 6.59. The molecule has 0 N–H and O–H groups in total. The molecule has 2 aromatic heterocycles. The minimum atomic E-state index is 0. The van der Waals surface area contributed by atoms with Gasteiger partial charge in [0, 0.05) is 18.1 Å². The average molecular weight is 705 g/mol. The first-order valence-corrected chi connectivity index (χ1v) is 13.4. The van der Waals surface area contributed by atoms with Crippen LogP contribution in [-0.2, 0) is 31.9 Å². The summed E-state index contributed by atoms with van der Waals surface area (Å²) in [6.45, 7) is 13.3. The number of hydrogen-bond acceptors (Lipinski definition) is 3. The fourth-order valence-corrected chi connectivity index (χ4v) is 4.55. The number of rotatable bonds is 5. The molecule has 0 aliphatic heterocycles. The largest absolute Gasteiger partial charge is 2.00 e. The van der Waals surface area contributed by atoms with Crippen molar-refractivity contribution in [3.8, 4) is 22.5 Å². The molecule has 0 unspecified atom stereocenters. The molecule has 2 heterocycles. The van der Waals surface area contributed by atoms with Gasteiger partial charge in [0.15, 0.2) is 0 Å². The maximum Gasteiger partial charge on any atom is 2.00 e. The van der Waals surface area contributed by atoms with Crippen LogP contribution < -0.4 is 4.90 Å². The second kappa shape index (κ2) is 11.9. The monoisotopic (exact) mass is 704 g/mol. The van der Waals surface area contributed by atoms with E-state index in [4.69, 9.17) is 0 Å². The van der Waals surface area contributed by atoms with E-state index in [0.717, 1.165) is 39.6 Å². The number of hydrogen-bond donors (Lipinski definition) is 0. The molecular weight excluding hydrogens is 669 g/mol. The quantitative estimate of drug-likeness (QED) is 0.171.